The van der Waals surface area contributed by atoms with Crippen molar-refractivity contribution in [3.8, 4) is 22.6 Å². The lowest BCUT2D eigenvalue weighted by molar-refractivity contribution is 0.215. The largest absolute Gasteiger partial charge is 0.490 e. The van der Waals surface area contributed by atoms with E-state index in [9.17, 15) is 0 Å². The van der Waals surface area contributed by atoms with Crippen molar-refractivity contribution in [3.63, 3.8) is 0 Å². The summed E-state index contributed by atoms with van der Waals surface area (Å²) in [4.78, 5) is 9.31. The van der Waals surface area contributed by atoms with Crippen LogP contribution in [0.3, 0.4) is 0 Å². The molecule has 0 aliphatic heterocycles. The number of rotatable bonds is 6. The molecule has 4 aromatic rings. The molecule has 0 fully saturated rings. The Balaban J connectivity index is 1.74. The SMILES string of the molecule is CON=Cc1ccc2c(c1)ncn2-c1cccc(-c2ccccc2OC(C)C)c1. The third-order valence-electron chi connectivity index (χ3n) is 4.56. The summed E-state index contributed by atoms with van der Waals surface area (Å²) in [6.45, 7) is 4.08. The molecule has 0 radical (unpaired) electrons. The summed E-state index contributed by atoms with van der Waals surface area (Å²) < 4.78 is 8.09. The Kier molecular flexibility index (Phi) is 5.29. The highest BCUT2D eigenvalue weighted by molar-refractivity contribution is 5.87. The van der Waals surface area contributed by atoms with Crippen LogP contribution in [0.25, 0.3) is 27.8 Å². The predicted molar refractivity (Wildman–Crippen MR) is 117 cm³/mol. The average molecular weight is 385 g/mol. The van der Waals surface area contributed by atoms with Gasteiger partial charge in [-0.2, -0.15) is 0 Å². The van der Waals surface area contributed by atoms with Crippen molar-refractivity contribution in [1.82, 2.24) is 9.55 Å². The number of imidazole rings is 1. The van der Waals surface area contributed by atoms with E-state index in [1.54, 1.807) is 6.21 Å². The van der Waals surface area contributed by atoms with Crippen molar-refractivity contribution in [1.29, 1.82) is 0 Å². The van der Waals surface area contributed by atoms with Gasteiger partial charge in [0.05, 0.1) is 23.4 Å². The number of nitrogens with zero attached hydrogens (tertiary/aromatic N) is 3. The fraction of sp³-hybridized carbons (Fsp3) is 0.167. The lowest BCUT2D eigenvalue weighted by Gasteiger charge is -2.15. The standard InChI is InChI=1S/C24H23N3O2/c1-17(2)29-24-10-5-4-9-21(24)19-7-6-8-20(14-19)27-16-25-22-13-18(15-26-28-3)11-12-23(22)27/h4-17H,1-3H3. The molecular formula is C24H23N3O2. The Bertz CT molecular complexity index is 1160. The second kappa shape index (κ2) is 8.19. The van der Waals surface area contributed by atoms with Crippen LogP contribution >= 0.6 is 0 Å². The van der Waals surface area contributed by atoms with Gasteiger partial charge in [0.1, 0.15) is 19.2 Å². The van der Waals surface area contributed by atoms with E-state index in [4.69, 9.17) is 9.57 Å². The lowest BCUT2D eigenvalue weighted by atomic mass is 10.0. The normalized spacial score (nSPS) is 11.4. The van der Waals surface area contributed by atoms with Crippen LogP contribution in [0.5, 0.6) is 5.75 Å². The molecule has 1 aromatic heterocycles. The Morgan fingerprint density at radius 3 is 2.69 bits per heavy atom. The van der Waals surface area contributed by atoms with Gasteiger partial charge in [0.2, 0.25) is 0 Å². The van der Waals surface area contributed by atoms with Gasteiger partial charge in [-0.05, 0) is 55.3 Å². The number of aromatic nitrogens is 2. The molecule has 146 valence electrons. The summed E-state index contributed by atoms with van der Waals surface area (Å²) in [7, 11) is 1.53. The second-order valence-corrected chi connectivity index (χ2v) is 6.99. The highest BCUT2D eigenvalue weighted by Gasteiger charge is 2.10. The Hall–Kier alpha value is -3.60. The smallest absolute Gasteiger partial charge is 0.127 e. The van der Waals surface area contributed by atoms with E-state index < -0.39 is 0 Å². The molecule has 1 heterocycles. The summed E-state index contributed by atoms with van der Waals surface area (Å²) in [6, 6.07) is 22.6. The van der Waals surface area contributed by atoms with Crippen molar-refractivity contribution in [2.75, 3.05) is 7.11 Å². The Labute approximate surface area is 170 Å². The lowest BCUT2D eigenvalue weighted by Crippen LogP contribution is -2.06. The Morgan fingerprint density at radius 1 is 1.00 bits per heavy atom. The van der Waals surface area contributed by atoms with Gasteiger partial charge in [-0.15, -0.1) is 0 Å². The monoisotopic (exact) mass is 385 g/mol. The molecule has 0 saturated heterocycles. The van der Waals surface area contributed by atoms with E-state index in [-0.39, 0.29) is 6.10 Å². The second-order valence-electron chi connectivity index (χ2n) is 6.99. The molecule has 0 unspecified atom stereocenters. The van der Waals surface area contributed by atoms with Crippen molar-refractivity contribution >= 4 is 17.2 Å². The van der Waals surface area contributed by atoms with Crippen LogP contribution in [-0.2, 0) is 4.84 Å². The van der Waals surface area contributed by atoms with Crippen molar-refractivity contribution in [2.24, 2.45) is 5.16 Å². The molecule has 0 N–H and O–H groups in total. The summed E-state index contributed by atoms with van der Waals surface area (Å²) in [6.07, 6.45) is 3.63. The van der Waals surface area contributed by atoms with E-state index >= 15 is 0 Å². The number of para-hydroxylation sites is 1. The molecule has 5 nitrogen and oxygen atoms in total. The molecule has 29 heavy (non-hydrogen) atoms. The van der Waals surface area contributed by atoms with E-state index in [0.29, 0.717) is 0 Å². The zero-order valence-electron chi connectivity index (χ0n) is 16.7. The molecule has 0 atom stereocenters. The van der Waals surface area contributed by atoms with E-state index in [1.807, 2.05) is 56.6 Å². The van der Waals surface area contributed by atoms with Crippen molar-refractivity contribution in [3.05, 3.63) is 78.6 Å². The van der Waals surface area contributed by atoms with Crippen molar-refractivity contribution < 1.29 is 9.57 Å². The first-order valence-electron chi connectivity index (χ1n) is 9.56. The van der Waals surface area contributed by atoms with Crippen LogP contribution in [0.2, 0.25) is 0 Å². The molecule has 0 saturated carbocycles. The van der Waals surface area contributed by atoms with Gasteiger partial charge < -0.3 is 9.57 Å². The fourth-order valence-corrected chi connectivity index (χ4v) is 3.31. The minimum Gasteiger partial charge on any atom is -0.490 e. The van der Waals surface area contributed by atoms with Crippen molar-refractivity contribution in [2.45, 2.75) is 20.0 Å². The number of ether oxygens (including phenoxy) is 1. The molecule has 0 amide bonds. The zero-order chi connectivity index (χ0) is 20.2. The maximum absolute atomic E-state index is 6.00. The first kappa shape index (κ1) is 18.7. The average Bonchev–Trinajstić information content (AvgIpc) is 3.15. The summed E-state index contributed by atoms with van der Waals surface area (Å²) in [5, 5.41) is 3.82. The van der Waals surface area contributed by atoms with Gasteiger partial charge in [0.15, 0.2) is 0 Å². The summed E-state index contributed by atoms with van der Waals surface area (Å²) in [5.74, 6) is 0.886. The van der Waals surface area contributed by atoms with Crippen LogP contribution in [0.4, 0.5) is 0 Å². The summed E-state index contributed by atoms with van der Waals surface area (Å²) in [5.41, 5.74) is 6.10. The molecule has 4 rings (SSSR count). The van der Waals surface area contributed by atoms with Crippen LogP contribution in [0, 0.1) is 0 Å². The first-order valence-corrected chi connectivity index (χ1v) is 9.56. The van der Waals surface area contributed by atoms with Crippen LogP contribution in [-0.4, -0.2) is 29.0 Å². The van der Waals surface area contributed by atoms with Gasteiger partial charge in [-0.3, -0.25) is 4.57 Å². The van der Waals surface area contributed by atoms with E-state index in [0.717, 1.165) is 39.2 Å². The van der Waals surface area contributed by atoms with Gasteiger partial charge in [0.25, 0.3) is 0 Å². The van der Waals surface area contributed by atoms with E-state index in [2.05, 4.69) is 45.0 Å². The highest BCUT2D eigenvalue weighted by atomic mass is 16.6. The van der Waals surface area contributed by atoms with Gasteiger partial charge in [-0.25, -0.2) is 4.98 Å². The Morgan fingerprint density at radius 2 is 1.86 bits per heavy atom. The quantitative estimate of drug-likeness (QED) is 0.327. The minimum atomic E-state index is 0.118. The number of hydrogen-bond acceptors (Lipinski definition) is 4. The molecule has 0 spiro atoms. The number of fused-ring (bicyclic) bond motifs is 1. The van der Waals surface area contributed by atoms with Crippen LogP contribution in [0.15, 0.2) is 78.2 Å². The van der Waals surface area contributed by atoms with Crippen LogP contribution in [0.1, 0.15) is 19.4 Å². The van der Waals surface area contributed by atoms with Gasteiger partial charge in [-0.1, -0.05) is 41.6 Å². The first-order chi connectivity index (χ1) is 14.2. The topological polar surface area (TPSA) is 48.6 Å². The third kappa shape index (κ3) is 3.99. The number of oxime groups is 1. The molecule has 0 aliphatic rings. The maximum Gasteiger partial charge on any atom is 0.127 e. The van der Waals surface area contributed by atoms with E-state index in [1.165, 1.54) is 7.11 Å². The molecule has 5 heteroatoms. The van der Waals surface area contributed by atoms with Crippen LogP contribution < -0.4 is 4.74 Å². The van der Waals surface area contributed by atoms with Gasteiger partial charge >= 0.3 is 0 Å². The molecule has 3 aromatic carbocycles. The maximum atomic E-state index is 6.00. The molecule has 0 aliphatic carbocycles. The number of hydrogen-bond donors (Lipinski definition) is 0. The highest BCUT2D eigenvalue weighted by Crippen LogP contribution is 2.32. The zero-order valence-corrected chi connectivity index (χ0v) is 16.7. The third-order valence-corrected chi connectivity index (χ3v) is 4.56. The minimum absolute atomic E-state index is 0.118. The fourth-order valence-electron chi connectivity index (χ4n) is 3.31. The molecule has 0 bridgehead atoms. The summed E-state index contributed by atoms with van der Waals surface area (Å²) >= 11 is 0. The van der Waals surface area contributed by atoms with Gasteiger partial charge in [0, 0.05) is 11.3 Å². The predicted octanol–water partition coefficient (Wildman–Crippen LogP) is 5.46. The number of benzene rings is 3. The molecular weight excluding hydrogens is 362 g/mol.